The van der Waals surface area contributed by atoms with Crippen LogP contribution in [0, 0.1) is 0 Å². The lowest BCUT2D eigenvalue weighted by Gasteiger charge is -1.98. The predicted molar refractivity (Wildman–Crippen MR) is 47.8 cm³/mol. The maximum atomic E-state index is 11.4. The van der Waals surface area contributed by atoms with Crippen molar-refractivity contribution in [1.82, 2.24) is 15.0 Å². The molecule has 0 saturated carbocycles. The van der Waals surface area contributed by atoms with Gasteiger partial charge in [0.05, 0.1) is 0 Å². The fourth-order valence-corrected chi connectivity index (χ4v) is 1.28. The van der Waals surface area contributed by atoms with Crippen molar-refractivity contribution in [3.8, 4) is 0 Å². The molecule has 0 aromatic carbocycles. The number of hydrogen-bond donors (Lipinski definition) is 0. The van der Waals surface area contributed by atoms with Crippen LogP contribution < -0.4 is 0 Å². The Balaban J connectivity index is 3.18. The SMILES string of the molecule is C=C(C)C(=O)c1c(Br)nnn1C. The van der Waals surface area contributed by atoms with E-state index in [1.165, 1.54) is 4.68 Å². The molecule has 12 heavy (non-hydrogen) atoms. The molecule has 0 aliphatic heterocycles. The molecular formula is C7H8BrN3O. The summed E-state index contributed by atoms with van der Waals surface area (Å²) in [7, 11) is 1.66. The van der Waals surface area contributed by atoms with Crippen LogP contribution in [0.1, 0.15) is 17.4 Å². The van der Waals surface area contributed by atoms with Crippen molar-refractivity contribution >= 4 is 21.7 Å². The van der Waals surface area contributed by atoms with Gasteiger partial charge in [-0.15, -0.1) is 5.10 Å². The standard InChI is InChI=1S/C7H8BrN3O/c1-4(2)6(12)5-7(8)9-10-11(5)3/h1H2,2-3H3. The second-order valence-electron chi connectivity index (χ2n) is 2.46. The molecule has 0 spiro atoms. The van der Waals surface area contributed by atoms with E-state index in [-0.39, 0.29) is 5.78 Å². The summed E-state index contributed by atoms with van der Waals surface area (Å²) < 4.78 is 1.87. The lowest BCUT2D eigenvalue weighted by atomic mass is 10.2. The zero-order chi connectivity index (χ0) is 9.30. The average Bonchev–Trinajstić information content (AvgIpc) is 2.30. The Labute approximate surface area is 78.4 Å². The molecule has 1 heterocycles. The van der Waals surface area contributed by atoms with Crippen molar-refractivity contribution in [3.05, 3.63) is 22.4 Å². The molecule has 1 aromatic heterocycles. The van der Waals surface area contributed by atoms with Crippen molar-refractivity contribution in [2.45, 2.75) is 6.92 Å². The summed E-state index contributed by atoms with van der Waals surface area (Å²) in [5, 5.41) is 7.36. The molecule has 0 aliphatic rings. The van der Waals surface area contributed by atoms with Gasteiger partial charge in [0.15, 0.2) is 4.60 Å². The lowest BCUT2D eigenvalue weighted by Crippen LogP contribution is -2.07. The molecule has 0 fully saturated rings. The molecule has 64 valence electrons. The second-order valence-corrected chi connectivity index (χ2v) is 3.21. The first-order valence-electron chi connectivity index (χ1n) is 3.29. The van der Waals surface area contributed by atoms with Gasteiger partial charge in [-0.1, -0.05) is 11.8 Å². The third kappa shape index (κ3) is 1.45. The number of hydrogen-bond acceptors (Lipinski definition) is 3. The maximum absolute atomic E-state index is 11.4. The van der Waals surface area contributed by atoms with E-state index < -0.39 is 0 Å². The van der Waals surface area contributed by atoms with Gasteiger partial charge in [-0.25, -0.2) is 4.68 Å². The predicted octanol–water partition coefficient (Wildman–Crippen LogP) is 1.34. The highest BCUT2D eigenvalue weighted by molar-refractivity contribution is 9.10. The van der Waals surface area contributed by atoms with E-state index in [0.717, 1.165) is 0 Å². The monoisotopic (exact) mass is 229 g/mol. The van der Waals surface area contributed by atoms with E-state index in [9.17, 15) is 4.79 Å². The van der Waals surface area contributed by atoms with Crippen LogP contribution in [0.4, 0.5) is 0 Å². The molecule has 0 unspecified atom stereocenters. The molecule has 0 radical (unpaired) electrons. The lowest BCUT2D eigenvalue weighted by molar-refractivity contribution is 0.102. The first-order valence-corrected chi connectivity index (χ1v) is 4.08. The Morgan fingerprint density at radius 2 is 2.25 bits per heavy atom. The quantitative estimate of drug-likeness (QED) is 0.568. The number of aromatic nitrogens is 3. The Bertz CT molecular complexity index is 323. The average molecular weight is 230 g/mol. The van der Waals surface area contributed by atoms with E-state index >= 15 is 0 Å². The zero-order valence-electron chi connectivity index (χ0n) is 6.83. The highest BCUT2D eigenvalue weighted by Crippen LogP contribution is 2.14. The first-order chi connectivity index (χ1) is 5.54. The molecule has 0 saturated heterocycles. The number of nitrogens with zero attached hydrogens (tertiary/aromatic N) is 3. The van der Waals surface area contributed by atoms with Gasteiger partial charge in [0.25, 0.3) is 0 Å². The minimum absolute atomic E-state index is 0.144. The Hall–Kier alpha value is -0.970. The van der Waals surface area contributed by atoms with Crippen molar-refractivity contribution < 1.29 is 4.79 Å². The molecule has 0 aliphatic carbocycles. The summed E-state index contributed by atoms with van der Waals surface area (Å²) in [6, 6.07) is 0. The second kappa shape index (κ2) is 3.18. The first kappa shape index (κ1) is 9.12. The molecule has 4 nitrogen and oxygen atoms in total. The molecule has 0 atom stereocenters. The van der Waals surface area contributed by atoms with Gasteiger partial charge < -0.3 is 0 Å². The fraction of sp³-hybridized carbons (Fsp3) is 0.286. The highest BCUT2D eigenvalue weighted by atomic mass is 79.9. The largest absolute Gasteiger partial charge is 0.287 e. The number of halogens is 1. The smallest absolute Gasteiger partial charge is 0.208 e. The van der Waals surface area contributed by atoms with Crippen LogP contribution in [-0.4, -0.2) is 20.8 Å². The minimum Gasteiger partial charge on any atom is -0.287 e. The fourth-order valence-electron chi connectivity index (χ4n) is 0.775. The van der Waals surface area contributed by atoms with Crippen LogP contribution in [0.5, 0.6) is 0 Å². The van der Waals surface area contributed by atoms with E-state index in [0.29, 0.717) is 15.9 Å². The number of Topliss-reactive ketones (excluding diaryl/α,β-unsaturated/α-hetero) is 1. The summed E-state index contributed by atoms with van der Waals surface area (Å²) in [5.74, 6) is -0.144. The number of aryl methyl sites for hydroxylation is 1. The molecule has 1 rings (SSSR count). The maximum Gasteiger partial charge on any atom is 0.208 e. The molecule has 1 aromatic rings. The van der Waals surface area contributed by atoms with Gasteiger partial charge in [-0.05, 0) is 28.4 Å². The number of rotatable bonds is 2. The van der Waals surface area contributed by atoms with Gasteiger partial charge >= 0.3 is 0 Å². The van der Waals surface area contributed by atoms with Gasteiger partial charge in [0, 0.05) is 7.05 Å². The van der Waals surface area contributed by atoms with Crippen LogP contribution in [0.3, 0.4) is 0 Å². The van der Waals surface area contributed by atoms with Crippen molar-refractivity contribution in [1.29, 1.82) is 0 Å². The Morgan fingerprint density at radius 3 is 2.58 bits per heavy atom. The zero-order valence-corrected chi connectivity index (χ0v) is 8.42. The number of allylic oxidation sites excluding steroid dienone is 1. The summed E-state index contributed by atoms with van der Waals surface area (Å²) in [4.78, 5) is 11.4. The number of carbonyl (C=O) groups excluding carboxylic acids is 1. The van der Waals surface area contributed by atoms with Crippen LogP contribution in [0.15, 0.2) is 16.8 Å². The van der Waals surface area contributed by atoms with Crippen molar-refractivity contribution in [3.63, 3.8) is 0 Å². The summed E-state index contributed by atoms with van der Waals surface area (Å²) in [6.07, 6.45) is 0. The molecule has 0 N–H and O–H groups in total. The number of ketones is 1. The number of carbonyl (C=O) groups is 1. The summed E-state index contributed by atoms with van der Waals surface area (Å²) in [5.41, 5.74) is 0.906. The Morgan fingerprint density at radius 1 is 1.67 bits per heavy atom. The molecule has 0 bridgehead atoms. The Kier molecular flexibility index (Phi) is 2.42. The third-order valence-electron chi connectivity index (χ3n) is 1.39. The topological polar surface area (TPSA) is 47.8 Å². The van der Waals surface area contributed by atoms with Crippen LogP contribution in [-0.2, 0) is 7.05 Å². The van der Waals surface area contributed by atoms with E-state index in [1.54, 1.807) is 14.0 Å². The van der Waals surface area contributed by atoms with E-state index in [4.69, 9.17) is 0 Å². The van der Waals surface area contributed by atoms with Crippen molar-refractivity contribution in [2.75, 3.05) is 0 Å². The summed E-state index contributed by atoms with van der Waals surface area (Å²) in [6.45, 7) is 5.21. The summed E-state index contributed by atoms with van der Waals surface area (Å²) >= 11 is 3.13. The van der Waals surface area contributed by atoms with Crippen LogP contribution >= 0.6 is 15.9 Å². The molecule has 5 heteroatoms. The van der Waals surface area contributed by atoms with E-state index in [1.807, 2.05) is 0 Å². The van der Waals surface area contributed by atoms with Crippen molar-refractivity contribution in [2.24, 2.45) is 7.05 Å². The highest BCUT2D eigenvalue weighted by Gasteiger charge is 2.16. The molecule has 0 amide bonds. The third-order valence-corrected chi connectivity index (χ3v) is 1.92. The van der Waals surface area contributed by atoms with Gasteiger partial charge in [-0.2, -0.15) is 0 Å². The van der Waals surface area contributed by atoms with Crippen LogP contribution in [0.2, 0.25) is 0 Å². The van der Waals surface area contributed by atoms with Crippen LogP contribution in [0.25, 0.3) is 0 Å². The van der Waals surface area contributed by atoms with E-state index in [2.05, 4.69) is 32.8 Å². The van der Waals surface area contributed by atoms with Gasteiger partial charge in [0.1, 0.15) is 5.69 Å². The van der Waals surface area contributed by atoms with Gasteiger partial charge in [-0.3, -0.25) is 4.79 Å². The molecular weight excluding hydrogens is 222 g/mol. The minimum atomic E-state index is -0.144. The van der Waals surface area contributed by atoms with Gasteiger partial charge in [0.2, 0.25) is 5.78 Å². The normalized spacial score (nSPS) is 9.92.